The number of carbonyl (C=O) groups excluding carboxylic acids is 1. The van der Waals surface area contributed by atoms with Gasteiger partial charge in [0.1, 0.15) is 4.88 Å². The molecule has 1 aliphatic rings. The summed E-state index contributed by atoms with van der Waals surface area (Å²) in [5.41, 5.74) is 0. The van der Waals surface area contributed by atoms with Gasteiger partial charge < -0.3 is 15.1 Å². The number of nitrogens with zero attached hydrogens (tertiary/aromatic N) is 1. The highest BCUT2D eigenvalue weighted by molar-refractivity contribution is 7.13. The maximum Gasteiger partial charge on any atom is 0.345 e. The Morgan fingerprint density at radius 1 is 1.48 bits per heavy atom. The van der Waals surface area contributed by atoms with Gasteiger partial charge in [-0.2, -0.15) is 0 Å². The summed E-state index contributed by atoms with van der Waals surface area (Å²) in [5, 5.41) is 19.2. The van der Waals surface area contributed by atoms with Crippen LogP contribution in [0, 0.1) is 17.8 Å². The minimum Gasteiger partial charge on any atom is -0.477 e. The Bertz CT molecular complexity index is 743. The second kappa shape index (κ2) is 10.3. The van der Waals surface area contributed by atoms with E-state index in [9.17, 15) is 14.7 Å². The minimum atomic E-state index is -0.899. The number of amides is 1. The van der Waals surface area contributed by atoms with E-state index in [1.165, 1.54) is 11.3 Å². The van der Waals surface area contributed by atoms with Crippen LogP contribution in [-0.4, -0.2) is 45.7 Å². The number of likely N-dealkylation sites (tertiary alicyclic amines) is 1. The maximum absolute atomic E-state index is 12.2. The van der Waals surface area contributed by atoms with E-state index in [4.69, 9.17) is 5.11 Å². The summed E-state index contributed by atoms with van der Waals surface area (Å²) in [6.45, 7) is 4.39. The molecule has 5 nitrogen and oxygen atoms in total. The molecule has 2 heterocycles. The standard InChI is InChI=1S/C21H27NO4S/c1-3-4-6-15(2)18(23)11-8-16-9-13-20(24)22(16)14-5-7-17-10-12-19(27-17)21(25)26/h8,10-12,15-16,18,23H,5-7,9,13-14H2,1-2H3,(H,25,26)/t15-,16+,18-/m1/s1. The van der Waals surface area contributed by atoms with Crippen molar-refractivity contribution in [2.24, 2.45) is 5.92 Å². The van der Waals surface area contributed by atoms with Crippen molar-refractivity contribution in [2.75, 3.05) is 6.54 Å². The predicted molar refractivity (Wildman–Crippen MR) is 107 cm³/mol. The zero-order valence-corrected chi connectivity index (χ0v) is 16.7. The van der Waals surface area contributed by atoms with Gasteiger partial charge in [0.05, 0.1) is 12.1 Å². The van der Waals surface area contributed by atoms with E-state index in [1.54, 1.807) is 19.1 Å². The van der Waals surface area contributed by atoms with E-state index >= 15 is 0 Å². The van der Waals surface area contributed by atoms with Crippen LogP contribution in [-0.2, 0) is 11.2 Å². The molecule has 1 amide bonds. The van der Waals surface area contributed by atoms with Crippen molar-refractivity contribution in [3.8, 4) is 11.8 Å². The van der Waals surface area contributed by atoms with Crippen LogP contribution in [0.5, 0.6) is 0 Å². The highest BCUT2D eigenvalue weighted by Crippen LogP contribution is 2.23. The van der Waals surface area contributed by atoms with Gasteiger partial charge >= 0.3 is 5.97 Å². The normalized spacial score (nSPS) is 19.1. The Morgan fingerprint density at radius 3 is 2.93 bits per heavy atom. The lowest BCUT2D eigenvalue weighted by Gasteiger charge is -2.23. The van der Waals surface area contributed by atoms with Crippen LogP contribution in [0.3, 0.4) is 0 Å². The first kappa shape index (κ1) is 21.2. The molecule has 0 spiro atoms. The number of aliphatic hydroxyl groups is 1. The van der Waals surface area contributed by atoms with Crippen molar-refractivity contribution >= 4 is 23.2 Å². The summed E-state index contributed by atoms with van der Waals surface area (Å²) in [5.74, 6) is 5.12. The first-order valence-corrected chi connectivity index (χ1v) is 10.1. The number of rotatable bonds is 9. The molecular weight excluding hydrogens is 362 g/mol. The van der Waals surface area contributed by atoms with Crippen molar-refractivity contribution in [3.05, 3.63) is 34.0 Å². The lowest BCUT2D eigenvalue weighted by molar-refractivity contribution is -0.128. The fourth-order valence-corrected chi connectivity index (χ4v) is 4.00. The number of carboxylic acids is 1. The molecule has 0 aromatic carbocycles. The van der Waals surface area contributed by atoms with Crippen LogP contribution in [0.4, 0.5) is 0 Å². The van der Waals surface area contributed by atoms with Crippen LogP contribution in [0.15, 0.2) is 24.3 Å². The molecule has 1 aliphatic heterocycles. The molecule has 1 saturated heterocycles. The number of carbonyl (C=O) groups is 2. The van der Waals surface area contributed by atoms with Crippen molar-refractivity contribution in [1.29, 1.82) is 0 Å². The monoisotopic (exact) mass is 389 g/mol. The topological polar surface area (TPSA) is 77.8 Å². The molecule has 0 saturated carbocycles. The van der Waals surface area contributed by atoms with Crippen LogP contribution in [0.2, 0.25) is 0 Å². The fourth-order valence-electron chi connectivity index (χ4n) is 3.11. The Labute approximate surface area is 164 Å². The van der Waals surface area contributed by atoms with Crippen LogP contribution in [0.25, 0.3) is 0 Å². The zero-order chi connectivity index (χ0) is 19.8. The van der Waals surface area contributed by atoms with Crippen molar-refractivity contribution < 1.29 is 19.8 Å². The molecule has 1 fully saturated rings. The molecule has 2 N–H and O–H groups in total. The Kier molecular flexibility index (Phi) is 8.08. The molecule has 0 radical (unpaired) electrons. The first-order chi connectivity index (χ1) is 12.9. The molecule has 1 aromatic heterocycles. The van der Waals surface area contributed by atoms with Gasteiger partial charge in [-0.15, -0.1) is 23.2 Å². The lowest BCUT2D eigenvalue weighted by atomic mass is 10.00. The molecule has 3 atom stereocenters. The molecule has 0 aliphatic carbocycles. The van der Waals surface area contributed by atoms with Crippen molar-refractivity contribution in [1.82, 2.24) is 4.90 Å². The maximum atomic E-state index is 12.2. The van der Waals surface area contributed by atoms with Gasteiger partial charge in [0.15, 0.2) is 0 Å². The summed E-state index contributed by atoms with van der Waals surface area (Å²) >= 11 is 1.29. The van der Waals surface area contributed by atoms with E-state index < -0.39 is 12.1 Å². The average Bonchev–Trinajstić information content (AvgIpc) is 3.25. The van der Waals surface area contributed by atoms with Crippen LogP contribution in [0.1, 0.15) is 54.1 Å². The van der Waals surface area contributed by atoms with Gasteiger partial charge in [-0.25, -0.2) is 4.79 Å². The SMILES string of the molecule is CC#CC[C@@H](C)[C@H](O)C=C[C@H]1CCC(=O)N1CCCc1ccc(C(=O)O)s1. The number of hydrogen-bond acceptors (Lipinski definition) is 4. The lowest BCUT2D eigenvalue weighted by Crippen LogP contribution is -2.33. The highest BCUT2D eigenvalue weighted by Gasteiger charge is 2.28. The Hall–Kier alpha value is -2.10. The van der Waals surface area contributed by atoms with E-state index in [1.807, 2.05) is 24.0 Å². The smallest absolute Gasteiger partial charge is 0.345 e. The summed E-state index contributed by atoms with van der Waals surface area (Å²) in [7, 11) is 0. The van der Waals surface area contributed by atoms with Crippen molar-refractivity contribution in [3.63, 3.8) is 0 Å². The van der Waals surface area contributed by atoms with E-state index in [-0.39, 0.29) is 17.9 Å². The van der Waals surface area contributed by atoms with Crippen molar-refractivity contribution in [2.45, 2.75) is 58.1 Å². The summed E-state index contributed by atoms with van der Waals surface area (Å²) < 4.78 is 0. The van der Waals surface area contributed by atoms with Crippen LogP contribution < -0.4 is 0 Å². The van der Waals surface area contributed by atoms with E-state index in [0.717, 1.165) is 24.1 Å². The first-order valence-electron chi connectivity index (χ1n) is 9.29. The average molecular weight is 390 g/mol. The largest absolute Gasteiger partial charge is 0.477 e. The molecule has 6 heteroatoms. The second-order valence-electron chi connectivity index (χ2n) is 6.85. The molecular formula is C21H27NO4S. The summed E-state index contributed by atoms with van der Waals surface area (Å²) in [6.07, 6.45) is 6.67. The number of hydrogen-bond donors (Lipinski definition) is 2. The van der Waals surface area contributed by atoms with E-state index in [2.05, 4.69) is 11.8 Å². The third-order valence-electron chi connectivity index (χ3n) is 4.78. The van der Waals surface area contributed by atoms with Gasteiger partial charge in [0.25, 0.3) is 0 Å². The summed E-state index contributed by atoms with van der Waals surface area (Å²) in [6, 6.07) is 3.49. The molecule has 1 aromatic rings. The number of aryl methyl sites for hydroxylation is 1. The third-order valence-corrected chi connectivity index (χ3v) is 5.92. The Balaban J connectivity index is 1.86. The molecule has 0 unspecified atom stereocenters. The quantitative estimate of drug-likeness (QED) is 0.502. The number of aliphatic hydroxyl groups excluding tert-OH is 1. The minimum absolute atomic E-state index is 0.0227. The van der Waals surface area contributed by atoms with Gasteiger partial charge in [-0.05, 0) is 44.2 Å². The predicted octanol–water partition coefficient (Wildman–Crippen LogP) is 3.34. The van der Waals surface area contributed by atoms with Gasteiger partial charge in [0.2, 0.25) is 5.91 Å². The van der Waals surface area contributed by atoms with Gasteiger partial charge in [0, 0.05) is 24.3 Å². The fraction of sp³-hybridized carbons (Fsp3) is 0.524. The zero-order valence-electron chi connectivity index (χ0n) is 15.9. The second-order valence-corrected chi connectivity index (χ2v) is 8.02. The molecule has 146 valence electrons. The Morgan fingerprint density at radius 2 is 2.26 bits per heavy atom. The number of thiophene rings is 1. The summed E-state index contributed by atoms with van der Waals surface area (Å²) in [4.78, 5) is 26.3. The van der Waals surface area contributed by atoms with Gasteiger partial charge in [-0.1, -0.05) is 19.1 Å². The molecule has 27 heavy (non-hydrogen) atoms. The van der Waals surface area contributed by atoms with Crippen LogP contribution >= 0.6 is 11.3 Å². The number of carboxylic acid groups (broad SMARTS) is 1. The highest BCUT2D eigenvalue weighted by atomic mass is 32.1. The van der Waals surface area contributed by atoms with E-state index in [0.29, 0.717) is 24.3 Å². The molecule has 2 rings (SSSR count). The molecule has 0 bridgehead atoms. The van der Waals surface area contributed by atoms with Gasteiger partial charge in [-0.3, -0.25) is 4.79 Å². The number of aromatic carboxylic acids is 1. The third kappa shape index (κ3) is 6.23.